The molecule has 6 heteroatoms. The van der Waals surface area contributed by atoms with E-state index < -0.39 is 12.0 Å². The summed E-state index contributed by atoms with van der Waals surface area (Å²) < 4.78 is 5.17. The quantitative estimate of drug-likeness (QED) is 0.859. The summed E-state index contributed by atoms with van der Waals surface area (Å²) in [5.74, 6) is -0.264. The van der Waals surface area contributed by atoms with Gasteiger partial charge in [-0.2, -0.15) is 0 Å². The molecule has 0 spiro atoms. The van der Waals surface area contributed by atoms with Crippen LogP contribution in [-0.4, -0.2) is 58.8 Å². The molecule has 2 aromatic rings. The molecular weight excluding hydrogens is 330 g/mol. The minimum absolute atomic E-state index is 0.586. The van der Waals surface area contributed by atoms with Crippen molar-refractivity contribution in [3.8, 4) is 0 Å². The highest BCUT2D eigenvalue weighted by Crippen LogP contribution is 2.28. The Kier molecular flexibility index (Phi) is 5.85. The van der Waals surface area contributed by atoms with E-state index in [0.717, 1.165) is 19.6 Å². The van der Waals surface area contributed by atoms with E-state index in [1.54, 1.807) is 13.8 Å². The van der Waals surface area contributed by atoms with Gasteiger partial charge in [-0.1, -0.05) is 47.6 Å². The summed E-state index contributed by atoms with van der Waals surface area (Å²) in [5, 5.41) is 13.7. The second-order valence-corrected chi connectivity index (χ2v) is 6.63. The number of aromatic nitrogens is 1. The van der Waals surface area contributed by atoms with Gasteiger partial charge in [0.2, 0.25) is 0 Å². The van der Waals surface area contributed by atoms with E-state index >= 15 is 0 Å². The van der Waals surface area contributed by atoms with Gasteiger partial charge in [0, 0.05) is 38.3 Å². The third-order valence-corrected chi connectivity index (χ3v) is 4.84. The first kappa shape index (κ1) is 18.4. The minimum atomic E-state index is -0.850. The van der Waals surface area contributed by atoms with Gasteiger partial charge in [0.05, 0.1) is 5.69 Å². The van der Waals surface area contributed by atoms with Crippen molar-refractivity contribution in [1.82, 2.24) is 15.0 Å². The number of carboxylic acids is 1. The first-order chi connectivity index (χ1) is 12.6. The fourth-order valence-corrected chi connectivity index (χ4v) is 3.45. The number of carboxylic acid groups (broad SMARTS) is 1. The average molecular weight is 355 g/mol. The van der Waals surface area contributed by atoms with Crippen LogP contribution in [0.25, 0.3) is 6.08 Å². The number of benzene rings is 1. The van der Waals surface area contributed by atoms with Crippen molar-refractivity contribution in [2.45, 2.75) is 19.9 Å². The van der Waals surface area contributed by atoms with Crippen molar-refractivity contribution < 1.29 is 14.4 Å². The molecule has 0 amide bonds. The fraction of sp³-hybridized carbons (Fsp3) is 0.400. The highest BCUT2D eigenvalue weighted by Gasteiger charge is 2.34. The predicted molar refractivity (Wildman–Crippen MR) is 99.8 cm³/mol. The molecule has 1 aromatic carbocycles. The van der Waals surface area contributed by atoms with Gasteiger partial charge in [-0.15, -0.1) is 0 Å². The van der Waals surface area contributed by atoms with Crippen LogP contribution >= 0.6 is 0 Å². The lowest BCUT2D eigenvalue weighted by molar-refractivity contribution is -0.144. The molecule has 1 unspecified atom stereocenters. The van der Waals surface area contributed by atoms with E-state index in [1.807, 2.05) is 23.1 Å². The molecule has 0 saturated carbocycles. The Hall–Kier alpha value is -2.44. The molecule has 26 heavy (non-hydrogen) atoms. The summed E-state index contributed by atoms with van der Waals surface area (Å²) in [6, 6.07) is 9.53. The first-order valence-corrected chi connectivity index (χ1v) is 8.90. The summed E-state index contributed by atoms with van der Waals surface area (Å²) in [4.78, 5) is 16.2. The van der Waals surface area contributed by atoms with Gasteiger partial charge in [0.15, 0.2) is 0 Å². The smallest absolute Gasteiger partial charge is 0.325 e. The van der Waals surface area contributed by atoms with Crippen LogP contribution in [0.2, 0.25) is 0 Å². The highest BCUT2D eigenvalue weighted by molar-refractivity contribution is 5.76. The van der Waals surface area contributed by atoms with E-state index in [4.69, 9.17) is 4.52 Å². The van der Waals surface area contributed by atoms with Gasteiger partial charge >= 0.3 is 5.97 Å². The number of carbonyl (C=O) groups is 1. The van der Waals surface area contributed by atoms with Crippen molar-refractivity contribution in [2.24, 2.45) is 0 Å². The van der Waals surface area contributed by atoms with Crippen LogP contribution in [0.15, 0.2) is 40.9 Å². The molecule has 1 aromatic heterocycles. The van der Waals surface area contributed by atoms with Crippen LogP contribution in [0.3, 0.4) is 0 Å². The Morgan fingerprint density at radius 2 is 1.92 bits per heavy atom. The van der Waals surface area contributed by atoms with Crippen LogP contribution < -0.4 is 0 Å². The van der Waals surface area contributed by atoms with Crippen LogP contribution in [-0.2, 0) is 4.79 Å². The van der Waals surface area contributed by atoms with Gasteiger partial charge in [-0.3, -0.25) is 14.6 Å². The summed E-state index contributed by atoms with van der Waals surface area (Å²) >= 11 is 0. The SMILES string of the molecule is Cc1noc(C)c1C(C(=O)O)N1CCN(C/C=C/c2ccccc2)CC1. The standard InChI is InChI=1S/C20H25N3O3/c1-15-18(16(2)26-21-15)19(20(24)25)23-13-11-22(12-14-23)10-6-9-17-7-4-3-5-8-17/h3-9,19H,10-14H2,1-2H3,(H,24,25)/b9-6+. The molecule has 0 radical (unpaired) electrons. The summed E-state index contributed by atoms with van der Waals surface area (Å²) in [5.41, 5.74) is 2.54. The van der Waals surface area contributed by atoms with Crippen LogP contribution in [0.4, 0.5) is 0 Å². The lowest BCUT2D eigenvalue weighted by atomic mass is 10.0. The zero-order valence-electron chi connectivity index (χ0n) is 15.3. The highest BCUT2D eigenvalue weighted by atomic mass is 16.5. The fourth-order valence-electron chi connectivity index (χ4n) is 3.45. The Morgan fingerprint density at radius 1 is 1.23 bits per heavy atom. The van der Waals surface area contributed by atoms with E-state index in [1.165, 1.54) is 5.56 Å². The second kappa shape index (κ2) is 8.29. The van der Waals surface area contributed by atoms with Crippen molar-refractivity contribution in [2.75, 3.05) is 32.7 Å². The zero-order chi connectivity index (χ0) is 18.5. The lowest BCUT2D eigenvalue weighted by Gasteiger charge is -2.37. The molecular formula is C20H25N3O3. The maximum atomic E-state index is 11.9. The van der Waals surface area contributed by atoms with E-state index in [9.17, 15) is 9.90 Å². The number of hydrogen-bond acceptors (Lipinski definition) is 5. The van der Waals surface area contributed by atoms with Gasteiger partial charge in [-0.05, 0) is 19.4 Å². The maximum Gasteiger partial charge on any atom is 0.325 e. The second-order valence-electron chi connectivity index (χ2n) is 6.63. The van der Waals surface area contributed by atoms with Crippen molar-refractivity contribution in [3.05, 3.63) is 59.0 Å². The molecule has 138 valence electrons. The Labute approximate surface area is 153 Å². The third kappa shape index (κ3) is 4.20. The van der Waals surface area contributed by atoms with Gasteiger partial charge in [0.1, 0.15) is 11.8 Å². The molecule has 1 aliphatic heterocycles. The number of aliphatic carboxylic acids is 1. The van der Waals surface area contributed by atoms with E-state index in [2.05, 4.69) is 34.3 Å². The molecule has 1 atom stereocenters. The molecule has 6 nitrogen and oxygen atoms in total. The van der Waals surface area contributed by atoms with Crippen molar-refractivity contribution >= 4 is 12.0 Å². The van der Waals surface area contributed by atoms with Crippen LogP contribution in [0.5, 0.6) is 0 Å². The molecule has 1 fully saturated rings. The lowest BCUT2D eigenvalue weighted by Crippen LogP contribution is -2.49. The average Bonchev–Trinajstić information content (AvgIpc) is 2.96. The number of hydrogen-bond donors (Lipinski definition) is 1. The van der Waals surface area contributed by atoms with E-state index in [-0.39, 0.29) is 0 Å². The van der Waals surface area contributed by atoms with Gasteiger partial charge in [0.25, 0.3) is 0 Å². The third-order valence-electron chi connectivity index (χ3n) is 4.84. The molecule has 2 heterocycles. The normalized spacial score (nSPS) is 17.6. The predicted octanol–water partition coefficient (Wildman–Crippen LogP) is 2.75. The first-order valence-electron chi connectivity index (χ1n) is 8.90. The van der Waals surface area contributed by atoms with Gasteiger partial charge in [-0.25, -0.2) is 0 Å². The summed E-state index contributed by atoms with van der Waals surface area (Å²) in [7, 11) is 0. The van der Waals surface area contributed by atoms with Crippen molar-refractivity contribution in [1.29, 1.82) is 0 Å². The summed E-state index contributed by atoms with van der Waals surface area (Å²) in [6.45, 7) is 7.53. The molecule has 1 aliphatic rings. The number of aryl methyl sites for hydroxylation is 2. The van der Waals surface area contributed by atoms with E-state index in [0.29, 0.717) is 30.1 Å². The zero-order valence-corrected chi connectivity index (χ0v) is 15.3. The molecule has 1 N–H and O–H groups in total. The minimum Gasteiger partial charge on any atom is -0.480 e. The molecule has 0 bridgehead atoms. The van der Waals surface area contributed by atoms with Crippen LogP contribution in [0, 0.1) is 13.8 Å². The topological polar surface area (TPSA) is 69.8 Å². The molecule has 0 aliphatic carbocycles. The molecule has 3 rings (SSSR count). The monoisotopic (exact) mass is 355 g/mol. The summed E-state index contributed by atoms with van der Waals surface area (Å²) in [6.07, 6.45) is 4.28. The number of rotatable bonds is 6. The number of piperazine rings is 1. The van der Waals surface area contributed by atoms with Crippen LogP contribution in [0.1, 0.15) is 28.6 Å². The number of nitrogens with zero attached hydrogens (tertiary/aromatic N) is 3. The van der Waals surface area contributed by atoms with Crippen molar-refractivity contribution in [3.63, 3.8) is 0 Å². The maximum absolute atomic E-state index is 11.9. The Balaban J connectivity index is 1.58. The Bertz CT molecular complexity index is 742. The molecule has 1 saturated heterocycles. The van der Waals surface area contributed by atoms with Gasteiger partial charge < -0.3 is 9.63 Å². The Morgan fingerprint density at radius 3 is 2.50 bits per heavy atom. The largest absolute Gasteiger partial charge is 0.480 e.